The van der Waals surface area contributed by atoms with Crippen LogP contribution in [0.25, 0.3) is 22.4 Å². The molecule has 0 unspecified atom stereocenters. The largest absolute Gasteiger partial charge is 0.308 e. The molecule has 142 valence electrons. The standard InChI is InChI=1S/C20H22FN3O2S/c1-23(2)12-13-24-14-19(15-4-8-17(21)9-5-15)20(22-24)16-6-10-18(11-7-16)27(3,25)26/h4-11,14H,12-13H2,1-3H3. The molecule has 0 aliphatic heterocycles. The molecule has 3 aromatic rings. The van der Waals surface area contributed by atoms with Crippen molar-refractivity contribution in [2.45, 2.75) is 11.4 Å². The zero-order valence-electron chi connectivity index (χ0n) is 15.6. The number of halogens is 1. The van der Waals surface area contributed by atoms with E-state index in [0.29, 0.717) is 6.54 Å². The quantitative estimate of drug-likeness (QED) is 0.651. The minimum absolute atomic E-state index is 0.265. The summed E-state index contributed by atoms with van der Waals surface area (Å²) in [6, 6.07) is 12.9. The number of hydrogen-bond acceptors (Lipinski definition) is 4. The average molecular weight is 387 g/mol. The first-order valence-electron chi connectivity index (χ1n) is 8.52. The molecule has 5 nitrogen and oxygen atoms in total. The van der Waals surface area contributed by atoms with E-state index in [1.165, 1.54) is 18.4 Å². The van der Waals surface area contributed by atoms with Gasteiger partial charge in [0.2, 0.25) is 0 Å². The number of hydrogen-bond donors (Lipinski definition) is 0. The molecule has 0 amide bonds. The number of rotatable bonds is 6. The van der Waals surface area contributed by atoms with E-state index >= 15 is 0 Å². The Labute approximate surface area is 159 Å². The van der Waals surface area contributed by atoms with Gasteiger partial charge in [0.25, 0.3) is 0 Å². The van der Waals surface area contributed by atoms with Crippen LogP contribution in [0.4, 0.5) is 4.39 Å². The summed E-state index contributed by atoms with van der Waals surface area (Å²) in [5.41, 5.74) is 3.28. The molecule has 0 radical (unpaired) electrons. The summed E-state index contributed by atoms with van der Waals surface area (Å²) in [5.74, 6) is -0.294. The van der Waals surface area contributed by atoms with E-state index in [1.54, 1.807) is 36.4 Å². The van der Waals surface area contributed by atoms with Crippen LogP contribution in [0.5, 0.6) is 0 Å². The van der Waals surface area contributed by atoms with Crippen molar-refractivity contribution < 1.29 is 12.8 Å². The fourth-order valence-electron chi connectivity index (χ4n) is 2.75. The lowest BCUT2D eigenvalue weighted by atomic mass is 10.0. The van der Waals surface area contributed by atoms with Gasteiger partial charge in [-0.3, -0.25) is 4.68 Å². The van der Waals surface area contributed by atoms with E-state index < -0.39 is 9.84 Å². The molecule has 0 fully saturated rings. The molecular weight excluding hydrogens is 365 g/mol. The maximum Gasteiger partial charge on any atom is 0.175 e. The maximum absolute atomic E-state index is 13.3. The molecule has 0 spiro atoms. The van der Waals surface area contributed by atoms with Crippen molar-refractivity contribution in [3.8, 4) is 22.4 Å². The van der Waals surface area contributed by atoms with Gasteiger partial charge in [-0.05, 0) is 43.9 Å². The third-order valence-electron chi connectivity index (χ3n) is 4.25. The number of aromatic nitrogens is 2. The van der Waals surface area contributed by atoms with Gasteiger partial charge >= 0.3 is 0 Å². The lowest BCUT2D eigenvalue weighted by molar-refractivity contribution is 0.373. The van der Waals surface area contributed by atoms with Crippen molar-refractivity contribution >= 4 is 9.84 Å². The predicted molar refractivity (Wildman–Crippen MR) is 105 cm³/mol. The first-order valence-corrected chi connectivity index (χ1v) is 10.4. The summed E-state index contributed by atoms with van der Waals surface area (Å²) >= 11 is 0. The van der Waals surface area contributed by atoms with Crippen molar-refractivity contribution in [2.75, 3.05) is 26.9 Å². The first-order chi connectivity index (χ1) is 12.7. The zero-order chi connectivity index (χ0) is 19.6. The highest BCUT2D eigenvalue weighted by molar-refractivity contribution is 7.90. The Morgan fingerprint density at radius 3 is 2.15 bits per heavy atom. The van der Waals surface area contributed by atoms with Crippen LogP contribution in [0.2, 0.25) is 0 Å². The van der Waals surface area contributed by atoms with Gasteiger partial charge < -0.3 is 4.90 Å². The van der Waals surface area contributed by atoms with E-state index in [9.17, 15) is 12.8 Å². The predicted octanol–water partition coefficient (Wildman–Crippen LogP) is 3.32. The van der Waals surface area contributed by atoms with Crippen molar-refractivity contribution in [3.05, 3.63) is 60.5 Å². The molecule has 2 aromatic carbocycles. The van der Waals surface area contributed by atoms with Crippen molar-refractivity contribution in [1.29, 1.82) is 0 Å². The van der Waals surface area contributed by atoms with Gasteiger partial charge in [-0.25, -0.2) is 12.8 Å². The third-order valence-corrected chi connectivity index (χ3v) is 5.38. The molecule has 27 heavy (non-hydrogen) atoms. The molecule has 0 N–H and O–H groups in total. The molecule has 0 bridgehead atoms. The van der Waals surface area contributed by atoms with E-state index in [-0.39, 0.29) is 10.7 Å². The van der Waals surface area contributed by atoms with Crippen molar-refractivity contribution in [1.82, 2.24) is 14.7 Å². The highest BCUT2D eigenvalue weighted by Crippen LogP contribution is 2.31. The normalized spacial score (nSPS) is 11.9. The minimum Gasteiger partial charge on any atom is -0.308 e. The molecule has 0 aliphatic carbocycles. The smallest absolute Gasteiger partial charge is 0.175 e. The highest BCUT2D eigenvalue weighted by Gasteiger charge is 2.15. The van der Waals surface area contributed by atoms with Crippen LogP contribution in [-0.2, 0) is 16.4 Å². The summed E-state index contributed by atoms with van der Waals surface area (Å²) in [7, 11) is 0.736. The average Bonchev–Trinajstić information content (AvgIpc) is 3.04. The fraction of sp³-hybridized carbons (Fsp3) is 0.250. The molecular formula is C20H22FN3O2S. The highest BCUT2D eigenvalue weighted by atomic mass is 32.2. The SMILES string of the molecule is CN(C)CCn1cc(-c2ccc(F)cc2)c(-c2ccc(S(C)(=O)=O)cc2)n1. The van der Waals surface area contributed by atoms with Crippen LogP contribution in [0, 0.1) is 5.82 Å². The molecule has 7 heteroatoms. The Morgan fingerprint density at radius 2 is 1.59 bits per heavy atom. The summed E-state index contributed by atoms with van der Waals surface area (Å²) < 4.78 is 38.6. The molecule has 1 heterocycles. The molecule has 0 saturated heterocycles. The Balaban J connectivity index is 2.05. The number of benzene rings is 2. The van der Waals surface area contributed by atoms with Gasteiger partial charge in [-0.1, -0.05) is 24.3 Å². The summed E-state index contributed by atoms with van der Waals surface area (Å²) in [5, 5.41) is 4.69. The van der Waals surface area contributed by atoms with Crippen LogP contribution in [0.3, 0.4) is 0 Å². The Kier molecular flexibility index (Phi) is 5.43. The number of nitrogens with zero attached hydrogens (tertiary/aromatic N) is 3. The topological polar surface area (TPSA) is 55.2 Å². The van der Waals surface area contributed by atoms with E-state index in [2.05, 4.69) is 10.00 Å². The van der Waals surface area contributed by atoms with Crippen LogP contribution in [-0.4, -0.2) is 50.0 Å². The van der Waals surface area contributed by atoms with Crippen molar-refractivity contribution in [2.24, 2.45) is 0 Å². The van der Waals surface area contributed by atoms with E-state index in [4.69, 9.17) is 0 Å². The van der Waals surface area contributed by atoms with Crippen LogP contribution in [0.1, 0.15) is 0 Å². The summed E-state index contributed by atoms with van der Waals surface area (Å²) in [6.45, 7) is 1.54. The van der Waals surface area contributed by atoms with E-state index in [0.717, 1.165) is 28.9 Å². The van der Waals surface area contributed by atoms with Crippen LogP contribution < -0.4 is 0 Å². The van der Waals surface area contributed by atoms with Gasteiger partial charge in [0.15, 0.2) is 9.84 Å². The molecule has 0 saturated carbocycles. The van der Waals surface area contributed by atoms with Crippen molar-refractivity contribution in [3.63, 3.8) is 0 Å². The Hall–Kier alpha value is -2.51. The lowest BCUT2D eigenvalue weighted by Crippen LogP contribution is -2.18. The minimum atomic E-state index is -3.25. The van der Waals surface area contributed by atoms with Crippen LogP contribution in [0.15, 0.2) is 59.6 Å². The maximum atomic E-state index is 13.3. The summed E-state index contributed by atoms with van der Waals surface area (Å²) in [6.07, 6.45) is 3.12. The van der Waals surface area contributed by atoms with Gasteiger partial charge in [0.05, 0.1) is 11.4 Å². The fourth-order valence-corrected chi connectivity index (χ4v) is 3.38. The molecule has 1 aromatic heterocycles. The Bertz CT molecular complexity index is 1020. The van der Waals surface area contributed by atoms with Crippen LogP contribution >= 0.6 is 0 Å². The molecule has 0 atom stereocenters. The lowest BCUT2D eigenvalue weighted by Gasteiger charge is -2.08. The molecule has 0 aliphatic rings. The number of likely N-dealkylation sites (N-methyl/N-ethyl adjacent to an activating group) is 1. The second-order valence-corrected chi connectivity index (χ2v) is 8.78. The second-order valence-electron chi connectivity index (χ2n) is 6.76. The van der Waals surface area contributed by atoms with Gasteiger partial charge in [-0.15, -0.1) is 0 Å². The zero-order valence-corrected chi connectivity index (χ0v) is 16.4. The Morgan fingerprint density at radius 1 is 1.00 bits per heavy atom. The first kappa shape index (κ1) is 19.3. The summed E-state index contributed by atoms with van der Waals surface area (Å²) in [4.78, 5) is 2.33. The van der Waals surface area contributed by atoms with Gasteiger partial charge in [0.1, 0.15) is 11.5 Å². The molecule has 3 rings (SSSR count). The second kappa shape index (κ2) is 7.62. The van der Waals surface area contributed by atoms with E-state index in [1.807, 2.05) is 25.0 Å². The number of sulfone groups is 1. The monoisotopic (exact) mass is 387 g/mol. The van der Waals surface area contributed by atoms with Gasteiger partial charge in [-0.2, -0.15) is 5.10 Å². The third kappa shape index (κ3) is 4.61. The van der Waals surface area contributed by atoms with Gasteiger partial charge in [0, 0.05) is 30.1 Å².